The molecule has 120 valence electrons. The van der Waals surface area contributed by atoms with Crippen molar-refractivity contribution in [2.45, 2.75) is 57.9 Å². The van der Waals surface area contributed by atoms with E-state index in [1.807, 2.05) is 11.8 Å². The quantitative estimate of drug-likeness (QED) is 0.863. The number of hydrogen-bond acceptors (Lipinski definition) is 3. The summed E-state index contributed by atoms with van der Waals surface area (Å²) in [5, 5.41) is 5.00. The lowest BCUT2D eigenvalue weighted by Gasteiger charge is -2.36. The lowest BCUT2D eigenvalue weighted by atomic mass is 9.78. The van der Waals surface area contributed by atoms with Crippen LogP contribution in [0, 0.1) is 11.8 Å². The van der Waals surface area contributed by atoms with Gasteiger partial charge in [0.05, 0.1) is 0 Å². The van der Waals surface area contributed by atoms with E-state index in [0.717, 1.165) is 12.5 Å². The van der Waals surface area contributed by atoms with Crippen LogP contribution in [-0.4, -0.2) is 47.5 Å². The van der Waals surface area contributed by atoms with Gasteiger partial charge in [0.1, 0.15) is 0 Å². The first-order valence-corrected chi connectivity index (χ1v) is 9.82. The third kappa shape index (κ3) is 4.16. The van der Waals surface area contributed by atoms with Crippen LogP contribution in [0.25, 0.3) is 0 Å². The van der Waals surface area contributed by atoms with E-state index in [-0.39, 0.29) is 0 Å². The normalized spacial score (nSPS) is 37.2. The van der Waals surface area contributed by atoms with E-state index < -0.39 is 0 Å². The molecule has 1 N–H and O–H groups in total. The fourth-order valence-electron chi connectivity index (χ4n) is 4.20. The molecule has 4 heteroatoms. The summed E-state index contributed by atoms with van der Waals surface area (Å²) in [7, 11) is 0. The summed E-state index contributed by atoms with van der Waals surface area (Å²) in [5.41, 5.74) is 0.374. The number of aliphatic imine (C=N–C) groups is 1. The number of nitrogens with one attached hydrogen (secondary N) is 1. The van der Waals surface area contributed by atoms with Gasteiger partial charge in [0.15, 0.2) is 5.17 Å². The highest BCUT2D eigenvalue weighted by molar-refractivity contribution is 8.14. The Morgan fingerprint density at radius 1 is 1.38 bits per heavy atom. The predicted molar refractivity (Wildman–Crippen MR) is 93.1 cm³/mol. The van der Waals surface area contributed by atoms with Crippen LogP contribution in [0.4, 0.5) is 0 Å². The van der Waals surface area contributed by atoms with Crippen LogP contribution in [0.5, 0.6) is 0 Å². The third-order valence-electron chi connectivity index (χ3n) is 5.26. The maximum Gasteiger partial charge on any atom is 0.157 e. The third-order valence-corrected chi connectivity index (χ3v) is 6.47. The molecule has 1 saturated carbocycles. The number of likely N-dealkylation sites (tertiary alicyclic amines) is 1. The minimum absolute atomic E-state index is 0.374. The van der Waals surface area contributed by atoms with Crippen LogP contribution in [0.1, 0.15) is 52.4 Å². The summed E-state index contributed by atoms with van der Waals surface area (Å²) < 4.78 is 0. The molecule has 3 aliphatic rings. The van der Waals surface area contributed by atoms with Gasteiger partial charge in [0, 0.05) is 24.4 Å². The lowest BCUT2D eigenvalue weighted by molar-refractivity contribution is 0.242. The Balaban J connectivity index is 1.46. The Labute approximate surface area is 134 Å². The van der Waals surface area contributed by atoms with Gasteiger partial charge in [-0.15, -0.1) is 0 Å². The van der Waals surface area contributed by atoms with Gasteiger partial charge in [-0.25, -0.2) is 0 Å². The minimum Gasteiger partial charge on any atom is -0.359 e. The molecule has 0 amide bonds. The van der Waals surface area contributed by atoms with Crippen molar-refractivity contribution in [3.63, 3.8) is 0 Å². The van der Waals surface area contributed by atoms with Crippen LogP contribution >= 0.6 is 11.8 Å². The van der Waals surface area contributed by atoms with Crippen molar-refractivity contribution in [2.24, 2.45) is 16.8 Å². The molecule has 2 aliphatic heterocycles. The highest BCUT2D eigenvalue weighted by atomic mass is 32.2. The minimum atomic E-state index is 0.374. The second kappa shape index (κ2) is 6.91. The number of amidine groups is 1. The monoisotopic (exact) mass is 309 g/mol. The molecule has 21 heavy (non-hydrogen) atoms. The van der Waals surface area contributed by atoms with E-state index in [4.69, 9.17) is 4.99 Å². The average Bonchev–Trinajstić information content (AvgIpc) is 3.07. The summed E-state index contributed by atoms with van der Waals surface area (Å²) in [5.74, 6) is 2.79. The van der Waals surface area contributed by atoms with Gasteiger partial charge < -0.3 is 10.2 Å². The van der Waals surface area contributed by atoms with Gasteiger partial charge in [-0.2, -0.15) is 0 Å². The average molecular weight is 310 g/mol. The summed E-state index contributed by atoms with van der Waals surface area (Å²) in [6, 6.07) is 0. The number of nitrogens with zero attached hydrogens (tertiary/aromatic N) is 2. The molecule has 3 nitrogen and oxygen atoms in total. The molecule has 0 aromatic carbocycles. The molecule has 3 unspecified atom stereocenters. The van der Waals surface area contributed by atoms with E-state index in [9.17, 15) is 0 Å². The molecule has 0 bridgehead atoms. The standard InChI is InChI=1S/C17H31N3S/c1-14-6-5-7-17(10-14)13-21-16(19-17)18-11-15(2)12-20-8-3-4-9-20/h14-15H,3-13H2,1-2H3,(H,18,19). The zero-order chi connectivity index (χ0) is 14.7. The number of thioether (sulfide) groups is 1. The topological polar surface area (TPSA) is 27.6 Å². The molecule has 1 spiro atoms. The molecule has 0 aromatic rings. The van der Waals surface area contributed by atoms with Crippen molar-refractivity contribution in [1.29, 1.82) is 0 Å². The van der Waals surface area contributed by atoms with Crippen LogP contribution in [-0.2, 0) is 0 Å². The molecule has 0 aromatic heterocycles. The van der Waals surface area contributed by atoms with E-state index >= 15 is 0 Å². The van der Waals surface area contributed by atoms with E-state index in [2.05, 4.69) is 24.1 Å². The molecule has 3 rings (SSSR count). The second-order valence-corrected chi connectivity index (χ2v) is 8.62. The first-order valence-electron chi connectivity index (χ1n) is 8.83. The van der Waals surface area contributed by atoms with Crippen LogP contribution in [0.3, 0.4) is 0 Å². The van der Waals surface area contributed by atoms with Crippen molar-refractivity contribution in [2.75, 3.05) is 31.9 Å². The highest BCUT2D eigenvalue weighted by Gasteiger charge is 2.40. The fourth-order valence-corrected chi connectivity index (χ4v) is 5.40. The lowest BCUT2D eigenvalue weighted by Crippen LogP contribution is -2.47. The molecule has 1 aliphatic carbocycles. The smallest absolute Gasteiger partial charge is 0.157 e. The largest absolute Gasteiger partial charge is 0.359 e. The van der Waals surface area contributed by atoms with E-state index in [1.165, 1.54) is 69.1 Å². The maximum absolute atomic E-state index is 4.88. The Morgan fingerprint density at radius 3 is 2.95 bits per heavy atom. The van der Waals surface area contributed by atoms with Crippen molar-refractivity contribution < 1.29 is 0 Å². The SMILES string of the molecule is CC(CN=C1NC2(CCCC(C)C2)CS1)CN1CCCC1. The number of hydrogen-bond donors (Lipinski definition) is 1. The van der Waals surface area contributed by atoms with Gasteiger partial charge in [0.2, 0.25) is 0 Å². The van der Waals surface area contributed by atoms with E-state index in [0.29, 0.717) is 11.5 Å². The van der Waals surface area contributed by atoms with Gasteiger partial charge in [-0.05, 0) is 50.6 Å². The number of rotatable bonds is 4. The summed E-state index contributed by atoms with van der Waals surface area (Å²) >= 11 is 1.96. The van der Waals surface area contributed by atoms with Gasteiger partial charge >= 0.3 is 0 Å². The molecular formula is C17H31N3S. The summed E-state index contributed by atoms with van der Waals surface area (Å²) in [4.78, 5) is 7.48. The Hall–Kier alpha value is -0.220. The van der Waals surface area contributed by atoms with Crippen molar-refractivity contribution in [1.82, 2.24) is 10.2 Å². The van der Waals surface area contributed by atoms with Crippen LogP contribution < -0.4 is 5.32 Å². The molecule has 2 heterocycles. The second-order valence-electron chi connectivity index (χ2n) is 7.65. The van der Waals surface area contributed by atoms with Gasteiger partial charge in [-0.3, -0.25) is 4.99 Å². The Kier molecular flexibility index (Phi) is 5.15. The summed E-state index contributed by atoms with van der Waals surface area (Å²) in [6.07, 6.45) is 8.24. The first kappa shape index (κ1) is 15.7. The van der Waals surface area contributed by atoms with Crippen LogP contribution in [0.2, 0.25) is 0 Å². The Bertz CT molecular complexity index is 378. The van der Waals surface area contributed by atoms with Crippen LogP contribution in [0.15, 0.2) is 4.99 Å². The maximum atomic E-state index is 4.88. The zero-order valence-electron chi connectivity index (χ0n) is 13.7. The first-order chi connectivity index (χ1) is 10.2. The van der Waals surface area contributed by atoms with Crippen molar-refractivity contribution in [3.8, 4) is 0 Å². The summed E-state index contributed by atoms with van der Waals surface area (Å²) in [6.45, 7) is 9.56. The molecule has 3 atom stereocenters. The predicted octanol–water partition coefficient (Wildman–Crippen LogP) is 3.36. The van der Waals surface area contributed by atoms with E-state index in [1.54, 1.807) is 0 Å². The molecule has 2 saturated heterocycles. The molecule has 0 radical (unpaired) electrons. The van der Waals surface area contributed by atoms with Crippen molar-refractivity contribution >= 4 is 16.9 Å². The molecule has 3 fully saturated rings. The van der Waals surface area contributed by atoms with Gasteiger partial charge in [0.25, 0.3) is 0 Å². The molecular weight excluding hydrogens is 278 g/mol. The Morgan fingerprint density at radius 2 is 2.19 bits per heavy atom. The highest BCUT2D eigenvalue weighted by Crippen LogP contribution is 2.38. The zero-order valence-corrected chi connectivity index (χ0v) is 14.6. The van der Waals surface area contributed by atoms with Gasteiger partial charge in [-0.1, -0.05) is 38.5 Å². The van der Waals surface area contributed by atoms with Crippen molar-refractivity contribution in [3.05, 3.63) is 0 Å². The fraction of sp³-hybridized carbons (Fsp3) is 0.941.